The molecule has 138 valence electrons. The molecule has 0 spiro atoms. The van der Waals surface area contributed by atoms with E-state index >= 15 is 0 Å². The molecule has 0 aliphatic carbocycles. The number of anilines is 2. The maximum absolute atomic E-state index is 12.9. The first kappa shape index (κ1) is 17.9. The van der Waals surface area contributed by atoms with E-state index in [0.717, 1.165) is 36.3 Å². The van der Waals surface area contributed by atoms with E-state index in [0.29, 0.717) is 11.4 Å². The van der Waals surface area contributed by atoms with Gasteiger partial charge < -0.3 is 9.32 Å². The van der Waals surface area contributed by atoms with Crippen LogP contribution >= 0.6 is 28.1 Å². The SMILES string of the molecule is O=C1NC(=S)N(c2ccccc2)C(=O)/C1=C/c1cc(Br)c(N2CCCC2)o1. The first-order valence-corrected chi connectivity index (χ1v) is 9.75. The number of hydrogen-bond donors (Lipinski definition) is 1. The average Bonchev–Trinajstić information content (AvgIpc) is 3.29. The van der Waals surface area contributed by atoms with Crippen molar-refractivity contribution in [2.75, 3.05) is 22.9 Å². The minimum atomic E-state index is -0.535. The molecule has 27 heavy (non-hydrogen) atoms. The lowest BCUT2D eigenvalue weighted by Crippen LogP contribution is -2.54. The molecular formula is C19H16BrN3O3S. The quantitative estimate of drug-likeness (QED) is 0.445. The second-order valence-electron chi connectivity index (χ2n) is 6.29. The molecule has 2 saturated heterocycles. The smallest absolute Gasteiger partial charge is 0.270 e. The Bertz CT molecular complexity index is 948. The van der Waals surface area contributed by atoms with E-state index in [2.05, 4.69) is 26.1 Å². The van der Waals surface area contributed by atoms with Crippen LogP contribution in [0.4, 0.5) is 11.6 Å². The lowest BCUT2D eigenvalue weighted by Gasteiger charge is -2.28. The van der Waals surface area contributed by atoms with Crippen molar-refractivity contribution in [3.63, 3.8) is 0 Å². The Kier molecular flexibility index (Phi) is 4.84. The van der Waals surface area contributed by atoms with Gasteiger partial charge in [-0.3, -0.25) is 19.8 Å². The van der Waals surface area contributed by atoms with Crippen LogP contribution in [0.2, 0.25) is 0 Å². The number of amides is 2. The third kappa shape index (κ3) is 3.42. The summed E-state index contributed by atoms with van der Waals surface area (Å²) in [4.78, 5) is 28.8. The summed E-state index contributed by atoms with van der Waals surface area (Å²) in [6.45, 7) is 1.86. The van der Waals surface area contributed by atoms with Crippen LogP contribution in [0.15, 0.2) is 50.9 Å². The Morgan fingerprint density at radius 3 is 2.56 bits per heavy atom. The molecule has 2 aliphatic heterocycles. The van der Waals surface area contributed by atoms with Crippen LogP contribution in [0.5, 0.6) is 0 Å². The van der Waals surface area contributed by atoms with Gasteiger partial charge in [-0.05, 0) is 59.2 Å². The minimum Gasteiger partial charge on any atom is -0.440 e. The molecule has 4 rings (SSSR count). The number of thiocarbonyl (C=S) groups is 1. The number of furan rings is 1. The second-order valence-corrected chi connectivity index (χ2v) is 7.53. The van der Waals surface area contributed by atoms with Crippen molar-refractivity contribution in [2.24, 2.45) is 0 Å². The van der Waals surface area contributed by atoms with Crippen molar-refractivity contribution in [2.45, 2.75) is 12.8 Å². The van der Waals surface area contributed by atoms with Crippen molar-refractivity contribution in [3.05, 3.63) is 52.2 Å². The number of rotatable bonds is 3. The van der Waals surface area contributed by atoms with Gasteiger partial charge in [0.1, 0.15) is 11.3 Å². The average molecular weight is 446 g/mol. The monoisotopic (exact) mass is 445 g/mol. The number of halogens is 1. The van der Waals surface area contributed by atoms with Crippen molar-refractivity contribution < 1.29 is 14.0 Å². The third-order valence-corrected chi connectivity index (χ3v) is 5.34. The zero-order chi connectivity index (χ0) is 19.0. The molecule has 6 nitrogen and oxygen atoms in total. The van der Waals surface area contributed by atoms with E-state index in [1.165, 1.54) is 11.0 Å². The van der Waals surface area contributed by atoms with E-state index < -0.39 is 11.8 Å². The maximum Gasteiger partial charge on any atom is 0.270 e. The normalized spacial score (nSPS) is 19.1. The Morgan fingerprint density at radius 1 is 1.15 bits per heavy atom. The summed E-state index contributed by atoms with van der Waals surface area (Å²) in [5.74, 6) is 0.138. The van der Waals surface area contributed by atoms with Gasteiger partial charge in [-0.25, -0.2) is 0 Å². The third-order valence-electron chi connectivity index (χ3n) is 4.48. The van der Waals surface area contributed by atoms with E-state index in [1.54, 1.807) is 30.3 Å². The van der Waals surface area contributed by atoms with E-state index in [-0.39, 0.29) is 10.7 Å². The molecule has 1 aromatic heterocycles. The topological polar surface area (TPSA) is 65.8 Å². The number of nitrogens with one attached hydrogen (secondary N) is 1. The maximum atomic E-state index is 12.9. The largest absolute Gasteiger partial charge is 0.440 e. The molecular weight excluding hydrogens is 430 g/mol. The second kappa shape index (κ2) is 7.28. The number of carbonyl (C=O) groups is 2. The van der Waals surface area contributed by atoms with Gasteiger partial charge in [0.25, 0.3) is 11.8 Å². The van der Waals surface area contributed by atoms with Crippen molar-refractivity contribution in [1.29, 1.82) is 0 Å². The number of hydrogen-bond acceptors (Lipinski definition) is 5. The van der Waals surface area contributed by atoms with Gasteiger partial charge in [0.15, 0.2) is 5.11 Å². The zero-order valence-corrected chi connectivity index (χ0v) is 16.7. The Morgan fingerprint density at radius 2 is 1.85 bits per heavy atom. The van der Waals surface area contributed by atoms with Crippen LogP contribution in [0, 0.1) is 0 Å². The van der Waals surface area contributed by atoms with Crippen LogP contribution in [0.1, 0.15) is 18.6 Å². The van der Waals surface area contributed by atoms with Crippen LogP contribution in [-0.4, -0.2) is 30.0 Å². The van der Waals surface area contributed by atoms with Gasteiger partial charge in [0.2, 0.25) is 5.88 Å². The van der Waals surface area contributed by atoms with Crippen LogP contribution in [-0.2, 0) is 9.59 Å². The summed E-state index contributed by atoms with van der Waals surface area (Å²) in [5.41, 5.74) is 0.568. The molecule has 0 radical (unpaired) electrons. The number of carbonyl (C=O) groups excluding carboxylic acids is 2. The van der Waals surface area contributed by atoms with E-state index in [9.17, 15) is 9.59 Å². The predicted molar refractivity (Wildman–Crippen MR) is 111 cm³/mol. The van der Waals surface area contributed by atoms with Gasteiger partial charge in [0, 0.05) is 19.2 Å². The molecule has 0 atom stereocenters. The summed E-state index contributed by atoms with van der Waals surface area (Å²) in [5, 5.41) is 2.63. The predicted octanol–water partition coefficient (Wildman–Crippen LogP) is 3.47. The molecule has 3 heterocycles. The fourth-order valence-electron chi connectivity index (χ4n) is 3.19. The number of benzene rings is 1. The fourth-order valence-corrected chi connectivity index (χ4v) is 4.03. The number of para-hydroxylation sites is 1. The first-order chi connectivity index (χ1) is 13.0. The molecule has 2 aromatic rings. The molecule has 2 fully saturated rings. The standard InChI is InChI=1S/C19H16BrN3O3S/c20-15-11-13(26-18(15)22-8-4-5-9-22)10-14-16(24)21-19(27)23(17(14)25)12-6-2-1-3-7-12/h1-3,6-7,10-11H,4-5,8-9H2,(H,21,24,27)/b14-10+. The lowest BCUT2D eigenvalue weighted by atomic mass is 10.1. The van der Waals surface area contributed by atoms with Gasteiger partial charge in [-0.1, -0.05) is 18.2 Å². The van der Waals surface area contributed by atoms with E-state index in [4.69, 9.17) is 16.6 Å². The molecule has 2 aliphatic rings. The Hall–Kier alpha value is -2.45. The van der Waals surface area contributed by atoms with Crippen LogP contribution in [0.25, 0.3) is 6.08 Å². The zero-order valence-electron chi connectivity index (χ0n) is 14.3. The van der Waals surface area contributed by atoms with Gasteiger partial charge in [-0.15, -0.1) is 0 Å². The highest BCUT2D eigenvalue weighted by molar-refractivity contribution is 9.10. The van der Waals surface area contributed by atoms with Crippen molar-refractivity contribution in [3.8, 4) is 0 Å². The highest BCUT2D eigenvalue weighted by atomic mass is 79.9. The van der Waals surface area contributed by atoms with Gasteiger partial charge in [-0.2, -0.15) is 0 Å². The van der Waals surface area contributed by atoms with Gasteiger partial charge >= 0.3 is 0 Å². The molecule has 0 saturated carbocycles. The molecule has 0 bridgehead atoms. The van der Waals surface area contributed by atoms with E-state index in [1.807, 2.05) is 6.07 Å². The Balaban J connectivity index is 1.67. The van der Waals surface area contributed by atoms with Crippen LogP contribution < -0.4 is 15.1 Å². The van der Waals surface area contributed by atoms with Crippen molar-refractivity contribution >= 4 is 62.7 Å². The summed E-state index contributed by atoms with van der Waals surface area (Å²) in [7, 11) is 0. The lowest BCUT2D eigenvalue weighted by molar-refractivity contribution is -0.122. The number of nitrogens with zero attached hydrogens (tertiary/aromatic N) is 2. The van der Waals surface area contributed by atoms with Crippen LogP contribution in [0.3, 0.4) is 0 Å². The fraction of sp³-hybridized carbons (Fsp3) is 0.211. The van der Waals surface area contributed by atoms with Gasteiger partial charge in [0.05, 0.1) is 10.2 Å². The molecule has 0 unspecified atom stereocenters. The molecule has 8 heteroatoms. The Labute approximate surface area is 169 Å². The molecule has 1 N–H and O–H groups in total. The molecule has 2 amide bonds. The summed E-state index contributed by atoms with van der Waals surface area (Å²) >= 11 is 8.69. The first-order valence-electron chi connectivity index (χ1n) is 8.55. The minimum absolute atomic E-state index is 0.0262. The van der Waals surface area contributed by atoms with Crippen molar-refractivity contribution in [1.82, 2.24) is 5.32 Å². The summed E-state index contributed by atoms with van der Waals surface area (Å²) in [6, 6.07) is 10.7. The highest BCUT2D eigenvalue weighted by Crippen LogP contribution is 2.33. The highest BCUT2D eigenvalue weighted by Gasteiger charge is 2.34. The summed E-state index contributed by atoms with van der Waals surface area (Å²) in [6.07, 6.45) is 3.70. The summed E-state index contributed by atoms with van der Waals surface area (Å²) < 4.78 is 6.69. The molecule has 1 aromatic carbocycles.